The van der Waals surface area contributed by atoms with Crippen molar-refractivity contribution in [2.75, 3.05) is 14.1 Å². The standard InChI is InChI=1S/C21H16N6O2S.H2/c1-12-17(19-25-26-20(29-19)18-15(10-22)8-9-30-18)24-16(11-23-12)13-4-6-14(7-5-13)21(28)27(2)3;/h4-9,11H,1-3H3;1H. The van der Waals surface area contributed by atoms with Gasteiger partial charge in [0.05, 0.1) is 23.1 Å². The van der Waals surface area contributed by atoms with Gasteiger partial charge in [0.25, 0.3) is 17.7 Å². The maximum Gasteiger partial charge on any atom is 0.268 e. The Hall–Kier alpha value is -3.90. The van der Waals surface area contributed by atoms with E-state index in [2.05, 4.69) is 26.2 Å². The van der Waals surface area contributed by atoms with Gasteiger partial charge in [0.2, 0.25) is 0 Å². The molecule has 30 heavy (non-hydrogen) atoms. The number of benzene rings is 1. The molecule has 0 fully saturated rings. The number of carbonyl (C=O) groups excluding carboxylic acids is 1. The van der Waals surface area contributed by atoms with Crippen molar-refractivity contribution in [1.29, 1.82) is 5.26 Å². The topological polar surface area (TPSA) is 109 Å². The van der Waals surface area contributed by atoms with Gasteiger partial charge in [0, 0.05) is 26.6 Å². The molecule has 0 aliphatic rings. The summed E-state index contributed by atoms with van der Waals surface area (Å²) in [7, 11) is 3.42. The van der Waals surface area contributed by atoms with Gasteiger partial charge in [-0.05, 0) is 30.5 Å². The van der Waals surface area contributed by atoms with Crippen molar-refractivity contribution >= 4 is 17.2 Å². The van der Waals surface area contributed by atoms with E-state index >= 15 is 0 Å². The number of amides is 1. The summed E-state index contributed by atoms with van der Waals surface area (Å²) in [4.78, 5) is 23.3. The third-order valence-corrected chi connectivity index (χ3v) is 5.30. The number of thiophene rings is 1. The normalized spacial score (nSPS) is 10.6. The summed E-state index contributed by atoms with van der Waals surface area (Å²) >= 11 is 1.36. The number of carbonyl (C=O) groups is 1. The Kier molecular flexibility index (Phi) is 5.08. The molecular formula is C21H18N6O2S. The summed E-state index contributed by atoms with van der Waals surface area (Å²) in [6, 6.07) is 11.0. The molecule has 0 aliphatic carbocycles. The molecule has 0 radical (unpaired) electrons. The SMILES string of the molecule is Cc1ncc(-c2ccc(C(=O)N(C)C)cc2)nc1-c1nnc(-c2sccc2C#N)o1.[HH]. The van der Waals surface area contributed by atoms with E-state index in [1.54, 1.807) is 50.8 Å². The van der Waals surface area contributed by atoms with Crippen LogP contribution in [0.3, 0.4) is 0 Å². The van der Waals surface area contributed by atoms with Gasteiger partial charge in [0.1, 0.15) is 16.6 Å². The second-order valence-corrected chi connectivity index (χ2v) is 7.57. The zero-order valence-corrected chi connectivity index (χ0v) is 17.3. The summed E-state index contributed by atoms with van der Waals surface area (Å²) in [6.45, 7) is 1.81. The lowest BCUT2D eigenvalue weighted by Crippen LogP contribution is -2.21. The molecule has 9 heteroatoms. The molecule has 8 nitrogen and oxygen atoms in total. The van der Waals surface area contributed by atoms with E-state index < -0.39 is 0 Å². The number of rotatable bonds is 4. The summed E-state index contributed by atoms with van der Waals surface area (Å²) in [5, 5.41) is 19.2. The lowest BCUT2D eigenvalue weighted by Gasteiger charge is -2.10. The molecule has 0 N–H and O–H groups in total. The van der Waals surface area contributed by atoms with Crippen LogP contribution in [0.15, 0.2) is 46.3 Å². The molecule has 4 aromatic rings. The third kappa shape index (κ3) is 3.56. The van der Waals surface area contributed by atoms with Crippen LogP contribution in [0.2, 0.25) is 0 Å². The fraction of sp³-hybridized carbons (Fsp3) is 0.143. The van der Waals surface area contributed by atoms with E-state index in [0.29, 0.717) is 33.1 Å². The minimum atomic E-state index is -0.0686. The number of nitriles is 1. The van der Waals surface area contributed by atoms with Gasteiger partial charge >= 0.3 is 0 Å². The first kappa shape index (κ1) is 19.4. The monoisotopic (exact) mass is 418 g/mol. The van der Waals surface area contributed by atoms with Crippen molar-refractivity contribution in [3.63, 3.8) is 0 Å². The molecule has 3 heterocycles. The first-order valence-corrected chi connectivity index (χ1v) is 9.83. The molecule has 1 amide bonds. The predicted molar refractivity (Wildman–Crippen MR) is 114 cm³/mol. The summed E-state index contributed by atoms with van der Waals surface area (Å²) < 4.78 is 5.79. The largest absolute Gasteiger partial charge is 0.414 e. The maximum atomic E-state index is 12.1. The van der Waals surface area contributed by atoms with Gasteiger partial charge in [-0.15, -0.1) is 21.5 Å². The lowest BCUT2D eigenvalue weighted by atomic mass is 10.1. The number of hydrogen-bond donors (Lipinski definition) is 0. The Bertz CT molecular complexity index is 1270. The van der Waals surface area contributed by atoms with E-state index in [1.807, 2.05) is 12.1 Å². The van der Waals surface area contributed by atoms with Gasteiger partial charge in [-0.3, -0.25) is 9.78 Å². The van der Waals surface area contributed by atoms with E-state index in [1.165, 1.54) is 16.2 Å². The molecule has 4 rings (SSSR count). The minimum absolute atomic E-state index is 0. The van der Waals surface area contributed by atoms with Crippen LogP contribution in [0.25, 0.3) is 33.6 Å². The molecular weight excluding hydrogens is 400 g/mol. The molecule has 0 bridgehead atoms. The number of hydrogen-bond acceptors (Lipinski definition) is 8. The highest BCUT2D eigenvalue weighted by Crippen LogP contribution is 2.31. The lowest BCUT2D eigenvalue weighted by molar-refractivity contribution is 0.0827. The van der Waals surface area contributed by atoms with Crippen LogP contribution in [0.4, 0.5) is 0 Å². The van der Waals surface area contributed by atoms with E-state index in [-0.39, 0.29) is 19.1 Å². The van der Waals surface area contributed by atoms with Crippen molar-refractivity contribution in [2.24, 2.45) is 0 Å². The van der Waals surface area contributed by atoms with Crippen LogP contribution in [-0.2, 0) is 0 Å². The van der Waals surface area contributed by atoms with Gasteiger partial charge in [0.15, 0.2) is 0 Å². The molecule has 0 unspecified atom stereocenters. The minimum Gasteiger partial charge on any atom is -0.414 e. The first-order valence-electron chi connectivity index (χ1n) is 8.95. The Morgan fingerprint density at radius 2 is 1.90 bits per heavy atom. The average Bonchev–Trinajstić information content (AvgIpc) is 3.42. The predicted octanol–water partition coefficient (Wildman–Crippen LogP) is 4.05. The molecule has 0 aliphatic heterocycles. The van der Waals surface area contributed by atoms with Crippen LogP contribution >= 0.6 is 11.3 Å². The zero-order chi connectivity index (χ0) is 21.3. The van der Waals surface area contributed by atoms with Crippen LogP contribution < -0.4 is 0 Å². The molecule has 3 aromatic heterocycles. The van der Waals surface area contributed by atoms with Crippen molar-refractivity contribution in [2.45, 2.75) is 6.92 Å². The Morgan fingerprint density at radius 3 is 2.60 bits per heavy atom. The Labute approximate surface area is 178 Å². The van der Waals surface area contributed by atoms with Crippen molar-refractivity contribution in [3.05, 3.63) is 58.7 Å². The number of aryl methyl sites for hydroxylation is 1. The van der Waals surface area contributed by atoms with Crippen LogP contribution in [-0.4, -0.2) is 45.1 Å². The van der Waals surface area contributed by atoms with Crippen LogP contribution in [0, 0.1) is 18.3 Å². The van der Waals surface area contributed by atoms with Crippen molar-refractivity contribution < 1.29 is 10.6 Å². The van der Waals surface area contributed by atoms with E-state index in [0.717, 1.165) is 5.56 Å². The fourth-order valence-electron chi connectivity index (χ4n) is 2.81. The third-order valence-electron chi connectivity index (χ3n) is 4.40. The molecule has 0 saturated heterocycles. The van der Waals surface area contributed by atoms with Gasteiger partial charge in [-0.1, -0.05) is 12.1 Å². The zero-order valence-electron chi connectivity index (χ0n) is 16.4. The van der Waals surface area contributed by atoms with Gasteiger partial charge in [-0.25, -0.2) is 4.98 Å². The summed E-state index contributed by atoms with van der Waals surface area (Å²) in [6.07, 6.45) is 1.66. The highest BCUT2D eigenvalue weighted by atomic mass is 32.1. The molecule has 150 valence electrons. The first-order chi connectivity index (χ1) is 14.5. The number of aromatic nitrogens is 4. The Morgan fingerprint density at radius 1 is 1.17 bits per heavy atom. The fourth-order valence-corrected chi connectivity index (χ4v) is 3.57. The van der Waals surface area contributed by atoms with Crippen LogP contribution in [0.1, 0.15) is 23.0 Å². The van der Waals surface area contributed by atoms with E-state index in [9.17, 15) is 10.1 Å². The van der Waals surface area contributed by atoms with Crippen molar-refractivity contribution in [3.8, 4) is 39.7 Å². The second kappa shape index (κ2) is 7.85. The van der Waals surface area contributed by atoms with Crippen molar-refractivity contribution in [1.82, 2.24) is 25.1 Å². The number of nitrogens with zero attached hydrogens (tertiary/aromatic N) is 6. The molecule has 1 aromatic carbocycles. The van der Waals surface area contributed by atoms with Crippen LogP contribution in [0.5, 0.6) is 0 Å². The Balaban J connectivity index is 0.00000272. The highest BCUT2D eigenvalue weighted by Gasteiger charge is 2.19. The van der Waals surface area contributed by atoms with Gasteiger partial charge in [-0.2, -0.15) is 5.26 Å². The molecule has 0 spiro atoms. The average molecular weight is 418 g/mol. The maximum absolute atomic E-state index is 12.1. The summed E-state index contributed by atoms with van der Waals surface area (Å²) in [5.74, 6) is 0.434. The smallest absolute Gasteiger partial charge is 0.268 e. The second-order valence-electron chi connectivity index (χ2n) is 6.65. The molecule has 0 saturated carbocycles. The quantitative estimate of drug-likeness (QED) is 0.492. The highest BCUT2D eigenvalue weighted by molar-refractivity contribution is 7.13. The van der Waals surface area contributed by atoms with E-state index in [4.69, 9.17) is 4.42 Å². The molecule has 0 atom stereocenters. The summed E-state index contributed by atoms with van der Waals surface area (Å²) in [5.41, 5.74) is 3.61. The van der Waals surface area contributed by atoms with Gasteiger partial charge < -0.3 is 9.32 Å².